The molecule has 1 N–H and O–H groups in total. The Bertz CT molecular complexity index is 1330. The highest BCUT2D eigenvalue weighted by molar-refractivity contribution is 6.36. The van der Waals surface area contributed by atoms with E-state index in [9.17, 15) is 9.59 Å². The lowest BCUT2D eigenvalue weighted by Gasteiger charge is -2.35. The maximum atomic E-state index is 13.5. The molecule has 182 valence electrons. The van der Waals surface area contributed by atoms with E-state index in [0.29, 0.717) is 42.6 Å². The van der Waals surface area contributed by atoms with Gasteiger partial charge in [0, 0.05) is 36.7 Å². The Morgan fingerprint density at radius 1 is 1.26 bits per heavy atom. The molecule has 2 atom stereocenters. The molecule has 2 aromatic heterocycles. The zero-order valence-corrected chi connectivity index (χ0v) is 20.0. The van der Waals surface area contributed by atoms with Crippen molar-refractivity contribution in [2.24, 2.45) is 5.92 Å². The number of allylic oxidation sites excluding steroid dienone is 1. The van der Waals surface area contributed by atoms with Crippen LogP contribution >= 0.6 is 11.6 Å². The molecular weight excluding hydrogens is 478 g/mol. The molecule has 0 amide bonds. The van der Waals surface area contributed by atoms with Crippen LogP contribution in [0.15, 0.2) is 45.2 Å². The molecule has 0 bridgehead atoms. The molecular formula is C24H22ClN3O7. The fraction of sp³-hybridized carbons (Fsp3) is 0.333. The predicted octanol–water partition coefficient (Wildman–Crippen LogP) is 3.64. The number of ketones is 2. The van der Waals surface area contributed by atoms with E-state index in [-0.39, 0.29) is 27.8 Å². The average molecular weight is 500 g/mol. The molecule has 10 nitrogen and oxygen atoms in total. The lowest BCUT2D eigenvalue weighted by atomic mass is 9.74. The Morgan fingerprint density at radius 2 is 2.06 bits per heavy atom. The van der Waals surface area contributed by atoms with Crippen LogP contribution in [0.5, 0.6) is 17.2 Å². The number of fused-ring (bicyclic) bond motifs is 1. The fourth-order valence-corrected chi connectivity index (χ4v) is 4.71. The Balaban J connectivity index is 1.32. The van der Waals surface area contributed by atoms with Gasteiger partial charge in [-0.2, -0.15) is 4.98 Å². The lowest BCUT2D eigenvalue weighted by Crippen LogP contribution is -2.55. The van der Waals surface area contributed by atoms with E-state index in [1.807, 2.05) is 0 Å². The van der Waals surface area contributed by atoms with Gasteiger partial charge in [-0.05, 0) is 18.6 Å². The first-order valence-corrected chi connectivity index (χ1v) is 11.3. The summed E-state index contributed by atoms with van der Waals surface area (Å²) in [6.07, 6.45) is 3.78. The van der Waals surface area contributed by atoms with Crippen molar-refractivity contribution in [3.63, 3.8) is 0 Å². The van der Waals surface area contributed by atoms with Crippen LogP contribution in [-0.4, -0.2) is 48.1 Å². The summed E-state index contributed by atoms with van der Waals surface area (Å²) in [5.41, 5.74) is -0.879. The SMILES string of the molecule is COc1cc(OC)c2c(c1Cl)OC1(C(=O)C=C(NCCc3nc(-c4ccco4)no3)CC1C)C2=O. The maximum absolute atomic E-state index is 13.5. The second kappa shape index (κ2) is 8.77. The van der Waals surface area contributed by atoms with Crippen LogP contribution in [0.3, 0.4) is 0 Å². The van der Waals surface area contributed by atoms with Crippen LogP contribution in [-0.2, 0) is 11.2 Å². The minimum Gasteiger partial charge on any atom is -0.496 e. The first-order valence-electron chi connectivity index (χ1n) is 10.9. The van der Waals surface area contributed by atoms with Crippen LogP contribution in [0.1, 0.15) is 29.6 Å². The summed E-state index contributed by atoms with van der Waals surface area (Å²) in [6.45, 7) is 2.24. The summed E-state index contributed by atoms with van der Waals surface area (Å²) in [6, 6.07) is 4.99. The molecule has 1 aliphatic heterocycles. The fourth-order valence-electron chi connectivity index (χ4n) is 4.44. The summed E-state index contributed by atoms with van der Waals surface area (Å²) in [7, 11) is 2.87. The van der Waals surface area contributed by atoms with E-state index < -0.39 is 23.1 Å². The number of hydrogen-bond acceptors (Lipinski definition) is 10. The molecule has 3 aromatic rings. The third-order valence-electron chi connectivity index (χ3n) is 6.21. The van der Waals surface area contributed by atoms with Crippen LogP contribution < -0.4 is 19.5 Å². The summed E-state index contributed by atoms with van der Waals surface area (Å²) >= 11 is 6.41. The number of methoxy groups -OCH3 is 2. The molecule has 1 aliphatic carbocycles. The van der Waals surface area contributed by atoms with E-state index >= 15 is 0 Å². The van der Waals surface area contributed by atoms with Gasteiger partial charge in [0.15, 0.2) is 11.5 Å². The number of ether oxygens (including phenoxy) is 3. The predicted molar refractivity (Wildman–Crippen MR) is 123 cm³/mol. The van der Waals surface area contributed by atoms with E-state index in [0.717, 1.165) is 0 Å². The van der Waals surface area contributed by atoms with E-state index in [2.05, 4.69) is 15.5 Å². The Hall–Kier alpha value is -3.79. The monoisotopic (exact) mass is 499 g/mol. The number of rotatable bonds is 7. The second-order valence-electron chi connectivity index (χ2n) is 8.27. The number of hydrogen-bond donors (Lipinski definition) is 1. The largest absolute Gasteiger partial charge is 0.496 e. The molecule has 35 heavy (non-hydrogen) atoms. The van der Waals surface area contributed by atoms with E-state index in [1.54, 1.807) is 19.1 Å². The van der Waals surface area contributed by atoms with Crippen molar-refractivity contribution in [2.75, 3.05) is 20.8 Å². The lowest BCUT2D eigenvalue weighted by molar-refractivity contribution is -0.129. The third kappa shape index (κ3) is 3.65. The molecule has 0 radical (unpaired) electrons. The van der Waals surface area contributed by atoms with E-state index in [1.165, 1.54) is 32.6 Å². The summed E-state index contributed by atoms with van der Waals surface area (Å²) in [4.78, 5) is 31.1. The van der Waals surface area contributed by atoms with Crippen LogP contribution in [0.4, 0.5) is 0 Å². The zero-order chi connectivity index (χ0) is 24.7. The molecule has 1 spiro atoms. The number of furan rings is 1. The number of nitrogens with zero attached hydrogens (tertiary/aromatic N) is 2. The smallest absolute Gasteiger partial charge is 0.238 e. The standard InChI is InChI=1S/C24H22ClN3O7/c1-12-9-13(26-7-6-18-27-23(28-35-18)14-5-4-8-33-14)10-17(29)24(12)22(30)19-15(31-2)11-16(32-3)20(25)21(19)34-24/h4-5,8,10-12,26H,6-7,9H2,1-3H3. The molecule has 0 saturated heterocycles. The van der Waals surface area contributed by atoms with Crippen molar-refractivity contribution in [2.45, 2.75) is 25.4 Å². The average Bonchev–Trinajstić information content (AvgIpc) is 3.59. The minimum absolute atomic E-state index is 0.0987. The van der Waals surface area contributed by atoms with Gasteiger partial charge < -0.3 is 28.5 Å². The first kappa shape index (κ1) is 23.0. The topological polar surface area (TPSA) is 126 Å². The van der Waals surface area contributed by atoms with Crippen molar-refractivity contribution in [3.8, 4) is 28.8 Å². The molecule has 11 heteroatoms. The van der Waals surface area contributed by atoms with Crippen LogP contribution in [0.25, 0.3) is 11.6 Å². The number of carbonyl (C=O) groups is 2. The summed E-state index contributed by atoms with van der Waals surface area (Å²) in [5, 5.41) is 7.24. The molecule has 0 fully saturated rings. The van der Waals surface area contributed by atoms with E-state index in [4.69, 9.17) is 34.8 Å². The summed E-state index contributed by atoms with van der Waals surface area (Å²) in [5.74, 6) is 0.537. The highest BCUT2D eigenvalue weighted by atomic mass is 35.5. The Morgan fingerprint density at radius 3 is 2.74 bits per heavy atom. The number of halogens is 1. The number of nitrogens with one attached hydrogen (secondary N) is 1. The van der Waals surface area contributed by atoms with Gasteiger partial charge in [0.2, 0.25) is 28.9 Å². The minimum atomic E-state index is -1.71. The van der Waals surface area contributed by atoms with Crippen LogP contribution in [0.2, 0.25) is 5.02 Å². The molecule has 2 unspecified atom stereocenters. The van der Waals surface area contributed by atoms with Crippen LogP contribution in [0, 0.1) is 5.92 Å². The number of aromatic nitrogens is 2. The Labute approximate surface area is 205 Å². The second-order valence-corrected chi connectivity index (χ2v) is 8.65. The highest BCUT2D eigenvalue weighted by Crippen LogP contribution is 2.52. The van der Waals surface area contributed by atoms with Gasteiger partial charge in [0.25, 0.3) is 0 Å². The molecule has 3 heterocycles. The Kier molecular flexibility index (Phi) is 5.76. The maximum Gasteiger partial charge on any atom is 0.238 e. The first-order chi connectivity index (χ1) is 16.9. The van der Waals surface area contributed by atoms with Gasteiger partial charge in [-0.1, -0.05) is 23.7 Å². The number of carbonyl (C=O) groups excluding carboxylic acids is 2. The summed E-state index contributed by atoms with van der Waals surface area (Å²) < 4.78 is 27.2. The van der Waals surface area contributed by atoms with Crippen molar-refractivity contribution < 1.29 is 32.7 Å². The zero-order valence-electron chi connectivity index (χ0n) is 19.2. The quantitative estimate of drug-likeness (QED) is 0.481. The highest BCUT2D eigenvalue weighted by Gasteiger charge is 2.60. The number of benzene rings is 1. The van der Waals surface area contributed by atoms with Gasteiger partial charge >= 0.3 is 0 Å². The molecule has 5 rings (SSSR count). The number of Topliss-reactive ketones (excluding diaryl/α,β-unsaturated/α-hetero) is 1. The third-order valence-corrected chi connectivity index (χ3v) is 6.57. The van der Waals surface area contributed by atoms with Gasteiger partial charge in [-0.15, -0.1) is 0 Å². The normalized spacial score (nSPS) is 21.0. The van der Waals surface area contributed by atoms with Gasteiger partial charge in [0.1, 0.15) is 22.1 Å². The van der Waals surface area contributed by atoms with Crippen molar-refractivity contribution >= 4 is 23.2 Å². The molecule has 0 saturated carbocycles. The van der Waals surface area contributed by atoms with Gasteiger partial charge in [-0.3, -0.25) is 9.59 Å². The van der Waals surface area contributed by atoms with Crippen molar-refractivity contribution in [1.82, 2.24) is 15.5 Å². The van der Waals surface area contributed by atoms with Crippen molar-refractivity contribution in [3.05, 3.63) is 52.7 Å². The molecule has 1 aromatic carbocycles. The van der Waals surface area contributed by atoms with Gasteiger partial charge in [0.05, 0.1) is 20.5 Å². The van der Waals surface area contributed by atoms with Crippen molar-refractivity contribution in [1.29, 1.82) is 0 Å². The van der Waals surface area contributed by atoms with Gasteiger partial charge in [-0.25, -0.2) is 0 Å². The molecule has 2 aliphatic rings.